The van der Waals surface area contributed by atoms with Gasteiger partial charge in [-0.1, -0.05) is 19.3 Å². The average Bonchev–Trinajstić information content (AvgIpc) is 2.56. The molecule has 0 bridgehead atoms. The van der Waals surface area contributed by atoms with Crippen molar-refractivity contribution < 1.29 is 19.5 Å². The van der Waals surface area contributed by atoms with Crippen molar-refractivity contribution in [3.63, 3.8) is 0 Å². The Kier molecular flexibility index (Phi) is 7.69. The molecule has 0 aromatic heterocycles. The third kappa shape index (κ3) is 4.12. The van der Waals surface area contributed by atoms with Gasteiger partial charge in [0.25, 0.3) is 0 Å². The Balaban J connectivity index is 0.00000161. The topological polar surface area (TPSA) is 0 Å². The van der Waals surface area contributed by atoms with Crippen molar-refractivity contribution >= 4 is 7.26 Å². The molecule has 3 rings (SSSR count). The minimum Gasteiger partial charge on any atom is -0.0530 e. The Morgan fingerprint density at radius 3 is 0.952 bits per heavy atom. The van der Waals surface area contributed by atoms with Crippen molar-refractivity contribution in [3.8, 4) is 0 Å². The zero-order valence-electron chi connectivity index (χ0n) is 14.1. The van der Waals surface area contributed by atoms with E-state index in [1.54, 1.807) is 77.0 Å². The van der Waals surface area contributed by atoms with Crippen LogP contribution in [-0.4, -0.2) is 23.6 Å². The van der Waals surface area contributed by atoms with E-state index in [0.29, 0.717) is 0 Å². The summed E-state index contributed by atoms with van der Waals surface area (Å²) in [5.74, 6) is 0. The molecule has 0 aromatic rings. The predicted octanol–water partition coefficient (Wildman–Crippen LogP) is 6.63. The van der Waals surface area contributed by atoms with Crippen LogP contribution in [0.15, 0.2) is 0 Å². The first-order chi connectivity index (χ1) is 9.82. The molecule has 0 aromatic carbocycles. The molecule has 0 N–H and O–H groups in total. The molecule has 3 fully saturated rings. The maximum atomic E-state index is 2.87. The third-order valence-corrected chi connectivity index (χ3v) is 13.4. The van der Waals surface area contributed by atoms with Gasteiger partial charge in [-0.25, -0.2) is 0 Å². The molecule has 0 nitrogen and oxygen atoms in total. The molecule has 3 aliphatic carbocycles. The molecule has 0 heterocycles. The fraction of sp³-hybridized carbons (Fsp3) is 1.00. The molecule has 0 amide bonds. The smallest absolute Gasteiger partial charge is 0.0530 e. The molecule has 0 saturated heterocycles. The maximum Gasteiger partial charge on any atom is 0.0700 e. The van der Waals surface area contributed by atoms with Crippen molar-refractivity contribution in [1.82, 2.24) is 0 Å². The van der Waals surface area contributed by atoms with Crippen LogP contribution < -0.4 is 0 Å². The van der Waals surface area contributed by atoms with Gasteiger partial charge in [-0.2, -0.15) is 0 Å². The Hall–Kier alpha value is 1.05. The van der Waals surface area contributed by atoms with Crippen LogP contribution in [0.5, 0.6) is 0 Å². The van der Waals surface area contributed by atoms with Gasteiger partial charge in [0.05, 0.1) is 17.0 Å². The van der Waals surface area contributed by atoms with Crippen LogP contribution in [0, 0.1) is 0 Å². The maximum absolute atomic E-state index is 2.87. The van der Waals surface area contributed by atoms with E-state index in [1.807, 2.05) is 0 Å². The van der Waals surface area contributed by atoms with Gasteiger partial charge in [0.1, 0.15) is 0 Å². The molecule has 0 radical (unpaired) electrons. The van der Waals surface area contributed by atoms with E-state index in [0.717, 1.165) is 0 Å². The summed E-state index contributed by atoms with van der Waals surface area (Å²) in [6.45, 7) is 2.87. The van der Waals surface area contributed by atoms with Crippen LogP contribution in [0.25, 0.3) is 0 Å². The zero-order valence-corrected chi connectivity index (χ0v) is 16.8. The van der Waals surface area contributed by atoms with E-state index in [2.05, 4.69) is 6.66 Å². The number of rotatable bonds is 3. The number of hydrogen-bond donors (Lipinski definition) is 0. The Morgan fingerprint density at radius 2 is 0.714 bits per heavy atom. The van der Waals surface area contributed by atoms with Crippen molar-refractivity contribution in [1.29, 1.82) is 0 Å². The van der Waals surface area contributed by atoms with E-state index in [1.165, 1.54) is 36.2 Å². The van der Waals surface area contributed by atoms with E-state index < -0.39 is 7.26 Å². The summed E-state index contributed by atoms with van der Waals surface area (Å²) in [5.41, 5.74) is 3.55. The second kappa shape index (κ2) is 8.78. The van der Waals surface area contributed by atoms with Crippen LogP contribution in [0.2, 0.25) is 0 Å². The Morgan fingerprint density at radius 1 is 0.476 bits per heavy atom. The monoisotopic (exact) mass is 397 g/mol. The SMILES string of the molecule is C[P+](C1CCCCC1)(C1CCCCC1)C1CCCCC1.[Ru]. The van der Waals surface area contributed by atoms with Crippen molar-refractivity contribution in [2.45, 2.75) is 113 Å². The summed E-state index contributed by atoms with van der Waals surface area (Å²) in [5, 5.41) is 0. The molecule has 124 valence electrons. The first-order valence-corrected chi connectivity index (χ1v) is 12.1. The van der Waals surface area contributed by atoms with Gasteiger partial charge in [-0.05, 0) is 77.0 Å². The second-order valence-electron chi connectivity index (χ2n) is 8.10. The van der Waals surface area contributed by atoms with Gasteiger partial charge >= 0.3 is 0 Å². The number of hydrogen-bond acceptors (Lipinski definition) is 0. The fourth-order valence-electron chi connectivity index (χ4n) is 5.81. The third-order valence-electron chi connectivity index (χ3n) is 7.08. The Bertz CT molecular complexity index is 240. The van der Waals surface area contributed by atoms with E-state index in [4.69, 9.17) is 0 Å². The molecule has 0 unspecified atom stereocenters. The van der Waals surface area contributed by atoms with Crippen LogP contribution >= 0.6 is 7.26 Å². The summed E-state index contributed by atoms with van der Waals surface area (Å²) in [6.07, 6.45) is 23.6. The van der Waals surface area contributed by atoms with Gasteiger partial charge in [0, 0.05) is 33.4 Å². The molecule has 0 aliphatic heterocycles. The van der Waals surface area contributed by atoms with Crippen molar-refractivity contribution in [3.05, 3.63) is 0 Å². The molecule has 0 spiro atoms. The van der Waals surface area contributed by atoms with Gasteiger partial charge in [-0.15, -0.1) is 0 Å². The summed E-state index contributed by atoms with van der Waals surface area (Å²) in [7, 11) is -0.696. The first-order valence-electron chi connectivity index (χ1n) is 9.67. The van der Waals surface area contributed by atoms with Gasteiger partial charge < -0.3 is 0 Å². The summed E-state index contributed by atoms with van der Waals surface area (Å²) in [6, 6.07) is 0. The standard InChI is InChI=1S/C19H36P.Ru/c1-20(17-11-5-2-6-12-17,18-13-7-3-8-14-18)19-15-9-4-10-16-19;/h17-19H,2-16H2,1H3;/q+1;. The fourth-order valence-corrected chi connectivity index (χ4v) is 12.0. The second-order valence-corrected chi connectivity index (χ2v) is 12.7. The predicted molar refractivity (Wildman–Crippen MR) is 93.5 cm³/mol. The van der Waals surface area contributed by atoms with E-state index >= 15 is 0 Å². The summed E-state index contributed by atoms with van der Waals surface area (Å²) in [4.78, 5) is 0. The van der Waals surface area contributed by atoms with E-state index in [9.17, 15) is 0 Å². The quantitative estimate of drug-likeness (QED) is 0.371. The molecular formula is C19H36PRu+. The zero-order chi connectivity index (χ0) is 13.8. The normalized spacial score (nSPS) is 27.3. The van der Waals surface area contributed by atoms with Crippen LogP contribution in [0.3, 0.4) is 0 Å². The molecule has 21 heavy (non-hydrogen) atoms. The summed E-state index contributed by atoms with van der Waals surface area (Å²) < 4.78 is 0. The minimum atomic E-state index is -0.696. The van der Waals surface area contributed by atoms with Crippen LogP contribution in [0.4, 0.5) is 0 Å². The van der Waals surface area contributed by atoms with Crippen LogP contribution in [-0.2, 0) is 19.5 Å². The summed E-state index contributed by atoms with van der Waals surface area (Å²) >= 11 is 0. The van der Waals surface area contributed by atoms with E-state index in [-0.39, 0.29) is 19.5 Å². The molecular weight excluding hydrogens is 360 g/mol. The van der Waals surface area contributed by atoms with Gasteiger partial charge in [-0.3, -0.25) is 0 Å². The first kappa shape index (κ1) is 18.4. The van der Waals surface area contributed by atoms with Gasteiger partial charge in [0.2, 0.25) is 0 Å². The molecule has 3 aliphatic rings. The molecule has 2 heteroatoms. The molecule has 0 atom stereocenters. The molecule has 3 saturated carbocycles. The Labute approximate surface area is 146 Å². The van der Waals surface area contributed by atoms with Gasteiger partial charge in [0.15, 0.2) is 0 Å². The minimum absolute atomic E-state index is 0. The largest absolute Gasteiger partial charge is 0.0700 e. The average molecular weight is 397 g/mol. The van der Waals surface area contributed by atoms with Crippen LogP contribution in [0.1, 0.15) is 96.3 Å². The van der Waals surface area contributed by atoms with Crippen molar-refractivity contribution in [2.24, 2.45) is 0 Å². The van der Waals surface area contributed by atoms with Crippen molar-refractivity contribution in [2.75, 3.05) is 6.66 Å².